The molecule has 0 aliphatic carbocycles. The highest BCUT2D eigenvalue weighted by molar-refractivity contribution is 9.10. The van der Waals surface area contributed by atoms with E-state index < -0.39 is 0 Å². The molecule has 0 amide bonds. The van der Waals surface area contributed by atoms with Crippen molar-refractivity contribution in [3.63, 3.8) is 0 Å². The fourth-order valence-corrected chi connectivity index (χ4v) is 3.28. The van der Waals surface area contributed by atoms with Crippen molar-refractivity contribution < 1.29 is 4.39 Å². The molecular weight excluding hydrogens is 361 g/mol. The lowest BCUT2D eigenvalue weighted by Gasteiger charge is -2.25. The Balaban J connectivity index is 1.93. The summed E-state index contributed by atoms with van der Waals surface area (Å²) < 4.78 is 16.8. The molecule has 23 heavy (non-hydrogen) atoms. The molecule has 3 aliphatic heterocycles. The monoisotopic (exact) mass is 373 g/mol. The zero-order valence-corrected chi connectivity index (χ0v) is 13.7. The average Bonchev–Trinajstić information content (AvgIpc) is 2.58. The minimum atomic E-state index is -0.386. The standard InChI is InChI=1S/C16H13BrFN5/c17-11-8-10-9-20-16(21-13-5-2-1-4-12(13)18)22-14(10)23-7-3-6-19-15(11)23/h1-2,4-5,8-9,19H,3,6-7H2. The first-order chi connectivity index (χ1) is 11.2. The van der Waals surface area contributed by atoms with Gasteiger partial charge in [0, 0.05) is 24.8 Å². The maximum absolute atomic E-state index is 13.7. The van der Waals surface area contributed by atoms with Crippen molar-refractivity contribution in [1.29, 1.82) is 0 Å². The summed E-state index contributed by atoms with van der Waals surface area (Å²) in [5, 5.41) is 3.37. The first kappa shape index (κ1) is 14.3. The largest absolute Gasteiger partial charge is 0.370 e. The number of pyridine rings is 1. The summed E-state index contributed by atoms with van der Waals surface area (Å²) in [5.74, 6) is 1.41. The lowest BCUT2D eigenvalue weighted by Crippen LogP contribution is -2.24. The van der Waals surface area contributed by atoms with Crippen LogP contribution in [0.25, 0.3) is 11.4 Å². The van der Waals surface area contributed by atoms with Crippen LogP contribution in [0.5, 0.6) is 0 Å². The van der Waals surface area contributed by atoms with Crippen molar-refractivity contribution in [1.82, 2.24) is 14.5 Å². The summed E-state index contributed by atoms with van der Waals surface area (Å²) in [5.41, 5.74) is 1.41. The number of halogens is 2. The van der Waals surface area contributed by atoms with E-state index >= 15 is 0 Å². The predicted octanol–water partition coefficient (Wildman–Crippen LogP) is 3.33. The van der Waals surface area contributed by atoms with Gasteiger partial charge in [-0.3, -0.25) is 0 Å². The van der Waals surface area contributed by atoms with Gasteiger partial charge in [-0.2, -0.15) is 4.98 Å². The molecule has 1 aromatic rings. The van der Waals surface area contributed by atoms with Gasteiger partial charge in [0.2, 0.25) is 0 Å². The summed E-state index contributed by atoms with van der Waals surface area (Å²) in [6, 6.07) is 8.32. The number of hydrogen-bond donors (Lipinski definition) is 1. The number of para-hydroxylation sites is 1. The van der Waals surface area contributed by atoms with E-state index in [2.05, 4.69) is 40.8 Å². The highest BCUT2D eigenvalue weighted by atomic mass is 79.9. The third kappa shape index (κ3) is 2.61. The topological polar surface area (TPSA) is 55.1 Å². The van der Waals surface area contributed by atoms with Crippen LogP contribution in [0.4, 0.5) is 15.9 Å². The molecule has 0 spiro atoms. The van der Waals surface area contributed by atoms with Crippen LogP contribution in [0.15, 0.2) is 46.0 Å². The molecule has 0 atom stereocenters. The highest BCUT2D eigenvalue weighted by Crippen LogP contribution is 2.32. The van der Waals surface area contributed by atoms with Crippen molar-refractivity contribution in [2.45, 2.75) is 13.0 Å². The number of hydrogen-bond acceptors (Lipinski definition) is 4. The lowest BCUT2D eigenvalue weighted by molar-refractivity contribution is 0.617. The van der Waals surface area contributed by atoms with E-state index in [9.17, 15) is 4.39 Å². The summed E-state index contributed by atoms with van der Waals surface area (Å²) in [6.07, 6.45) is 2.74. The number of nitrogens with one attached hydrogen (secondary N) is 1. The summed E-state index contributed by atoms with van der Waals surface area (Å²) in [6.45, 7) is 1.80. The van der Waals surface area contributed by atoms with Crippen LogP contribution < -0.4 is 10.9 Å². The highest BCUT2D eigenvalue weighted by Gasteiger charge is 2.18. The van der Waals surface area contributed by atoms with Crippen LogP contribution in [0.1, 0.15) is 6.42 Å². The second-order valence-corrected chi connectivity index (χ2v) is 6.14. The molecule has 0 aromatic heterocycles. The molecule has 0 saturated heterocycles. The Hall–Kier alpha value is -2.28. The van der Waals surface area contributed by atoms with Crippen molar-refractivity contribution in [3.05, 3.63) is 52.4 Å². The number of rotatable bonds is 1. The van der Waals surface area contributed by atoms with Crippen LogP contribution in [0, 0.1) is 5.82 Å². The Morgan fingerprint density at radius 2 is 2.17 bits per heavy atom. The molecule has 5 nitrogen and oxygen atoms in total. The van der Waals surface area contributed by atoms with Gasteiger partial charge in [-0.25, -0.2) is 14.4 Å². The van der Waals surface area contributed by atoms with E-state index in [4.69, 9.17) is 0 Å². The van der Waals surface area contributed by atoms with Gasteiger partial charge in [0.1, 0.15) is 23.1 Å². The minimum Gasteiger partial charge on any atom is -0.370 e. The molecule has 0 unspecified atom stereocenters. The molecule has 4 rings (SSSR count). The van der Waals surface area contributed by atoms with Crippen molar-refractivity contribution >= 4 is 27.4 Å². The van der Waals surface area contributed by atoms with E-state index in [1.807, 2.05) is 6.07 Å². The smallest absolute Gasteiger partial charge is 0.251 e. The quantitative estimate of drug-likeness (QED) is 0.711. The van der Waals surface area contributed by atoms with Crippen LogP contribution in [0.3, 0.4) is 0 Å². The summed E-state index contributed by atoms with van der Waals surface area (Å²) >= 11 is 3.57. The maximum atomic E-state index is 13.7. The predicted molar refractivity (Wildman–Crippen MR) is 89.1 cm³/mol. The van der Waals surface area contributed by atoms with Crippen molar-refractivity contribution in [2.75, 3.05) is 11.9 Å². The van der Waals surface area contributed by atoms with Crippen molar-refractivity contribution in [2.24, 2.45) is 4.99 Å². The molecule has 0 saturated carbocycles. The van der Waals surface area contributed by atoms with Gasteiger partial charge >= 0.3 is 0 Å². The second kappa shape index (κ2) is 5.73. The Morgan fingerprint density at radius 1 is 1.30 bits per heavy atom. The second-order valence-electron chi connectivity index (χ2n) is 5.29. The molecule has 1 aromatic carbocycles. The molecule has 3 aliphatic rings. The normalized spacial score (nSPS) is 14.6. The first-order valence-corrected chi connectivity index (χ1v) is 8.11. The molecule has 116 valence electrons. The zero-order valence-electron chi connectivity index (χ0n) is 12.1. The first-order valence-electron chi connectivity index (χ1n) is 7.31. The minimum absolute atomic E-state index is 0.237. The number of anilines is 1. The molecule has 1 N–H and O–H groups in total. The molecule has 3 heterocycles. The van der Waals surface area contributed by atoms with Gasteiger partial charge in [-0.05, 0) is 40.5 Å². The van der Waals surface area contributed by atoms with E-state index in [1.54, 1.807) is 24.4 Å². The van der Waals surface area contributed by atoms with Crippen LogP contribution in [-0.4, -0.2) is 21.1 Å². The Kier molecular flexibility index (Phi) is 3.57. The van der Waals surface area contributed by atoms with Gasteiger partial charge < -0.3 is 9.88 Å². The van der Waals surface area contributed by atoms with E-state index in [0.29, 0.717) is 0 Å². The molecule has 0 fully saturated rings. The zero-order chi connectivity index (χ0) is 15.8. The van der Waals surface area contributed by atoms with Crippen LogP contribution in [-0.2, 0) is 6.54 Å². The molecular formula is C16H13BrFN5. The number of aromatic nitrogens is 3. The molecule has 7 heteroatoms. The third-order valence-corrected chi connectivity index (χ3v) is 4.35. The SMILES string of the molecule is Fc1ccccc1N=c1ncc2cc(Br)c3n(c-2n1)CCCN3. The summed E-state index contributed by atoms with van der Waals surface area (Å²) in [4.78, 5) is 13.0. The van der Waals surface area contributed by atoms with Gasteiger partial charge in [0.25, 0.3) is 5.62 Å². The average molecular weight is 374 g/mol. The Morgan fingerprint density at radius 3 is 3.04 bits per heavy atom. The van der Waals surface area contributed by atoms with E-state index in [1.165, 1.54) is 6.07 Å². The third-order valence-electron chi connectivity index (χ3n) is 3.74. The Labute approximate surface area is 140 Å². The van der Waals surface area contributed by atoms with Gasteiger partial charge in [0.05, 0.1) is 4.47 Å². The maximum Gasteiger partial charge on any atom is 0.251 e. The van der Waals surface area contributed by atoms with Crippen LogP contribution >= 0.6 is 15.9 Å². The summed E-state index contributed by atoms with van der Waals surface area (Å²) in [7, 11) is 0. The lowest BCUT2D eigenvalue weighted by atomic mass is 10.2. The fraction of sp³-hybridized carbons (Fsp3) is 0.188. The van der Waals surface area contributed by atoms with Gasteiger partial charge in [0.15, 0.2) is 0 Å². The Bertz CT molecular complexity index is 921. The van der Waals surface area contributed by atoms with Gasteiger partial charge in [-0.15, -0.1) is 0 Å². The fourth-order valence-electron chi connectivity index (χ4n) is 2.68. The number of benzene rings is 1. The van der Waals surface area contributed by atoms with E-state index in [0.717, 1.165) is 41.2 Å². The number of nitrogens with zero attached hydrogens (tertiary/aromatic N) is 4. The molecule has 0 bridgehead atoms. The van der Waals surface area contributed by atoms with E-state index in [-0.39, 0.29) is 17.1 Å². The van der Waals surface area contributed by atoms with Crippen LogP contribution in [0.2, 0.25) is 0 Å². The molecule has 0 radical (unpaired) electrons. The van der Waals surface area contributed by atoms with Crippen molar-refractivity contribution in [3.8, 4) is 11.4 Å². The van der Waals surface area contributed by atoms with Gasteiger partial charge in [-0.1, -0.05) is 12.1 Å². The number of fused-ring (bicyclic) bond motifs is 3.